The molecular formula is C15H29NO3S. The van der Waals surface area contributed by atoms with Crippen molar-refractivity contribution in [2.45, 2.75) is 56.7 Å². The normalized spacial score (nSPS) is 34.9. The summed E-state index contributed by atoms with van der Waals surface area (Å²) in [6, 6.07) is 0.459. The van der Waals surface area contributed by atoms with Gasteiger partial charge in [-0.3, -0.25) is 0 Å². The first-order chi connectivity index (χ1) is 9.36. The molecule has 0 bridgehead atoms. The highest BCUT2D eigenvalue weighted by molar-refractivity contribution is 7.92. The Kier molecular flexibility index (Phi) is 5.14. The molecule has 2 rings (SSSR count). The zero-order chi connectivity index (χ0) is 14.8. The Morgan fingerprint density at radius 1 is 1.20 bits per heavy atom. The summed E-state index contributed by atoms with van der Waals surface area (Å²) in [6.07, 6.45) is 6.34. The summed E-state index contributed by atoms with van der Waals surface area (Å²) in [5.41, 5.74) is 0. The van der Waals surface area contributed by atoms with Crippen LogP contribution in [0.3, 0.4) is 0 Å². The van der Waals surface area contributed by atoms with Crippen molar-refractivity contribution < 1.29 is 13.2 Å². The largest absolute Gasteiger partial charge is 0.381 e. The Bertz CT molecular complexity index is 415. The second kappa shape index (κ2) is 6.32. The van der Waals surface area contributed by atoms with Gasteiger partial charge in [-0.05, 0) is 31.1 Å². The van der Waals surface area contributed by atoms with Gasteiger partial charge in [0.15, 0.2) is 9.84 Å². The van der Waals surface area contributed by atoms with Crippen LogP contribution in [0, 0.1) is 11.8 Å². The number of rotatable bonds is 4. The molecule has 3 unspecified atom stereocenters. The van der Waals surface area contributed by atoms with Gasteiger partial charge in [0.25, 0.3) is 0 Å². The van der Waals surface area contributed by atoms with Crippen molar-refractivity contribution in [2.75, 3.05) is 26.0 Å². The third kappa shape index (κ3) is 3.37. The van der Waals surface area contributed by atoms with Gasteiger partial charge in [-0.2, -0.15) is 0 Å². The van der Waals surface area contributed by atoms with Crippen molar-refractivity contribution in [1.82, 2.24) is 5.32 Å². The zero-order valence-corrected chi connectivity index (χ0v) is 13.8. The van der Waals surface area contributed by atoms with E-state index in [0.717, 1.165) is 5.92 Å². The Balaban J connectivity index is 2.02. The molecule has 0 aromatic carbocycles. The molecule has 1 aliphatic carbocycles. The molecule has 4 nitrogen and oxygen atoms in total. The van der Waals surface area contributed by atoms with Crippen LogP contribution in [0.1, 0.15) is 46.0 Å². The highest BCUT2D eigenvalue weighted by Gasteiger charge is 2.43. The third-order valence-electron chi connectivity index (χ3n) is 5.58. The molecule has 0 aromatic rings. The van der Waals surface area contributed by atoms with Gasteiger partial charge in [-0.15, -0.1) is 0 Å². The van der Waals surface area contributed by atoms with Crippen LogP contribution in [0.2, 0.25) is 0 Å². The SMILES string of the molecule is CC1CCCC(NCC2(S(C)(=O)=O)CCOCC2)C1C. The maximum Gasteiger partial charge on any atom is 0.154 e. The average Bonchev–Trinajstić information content (AvgIpc) is 2.40. The number of nitrogens with one attached hydrogen (secondary N) is 1. The summed E-state index contributed by atoms with van der Waals surface area (Å²) in [5, 5.41) is 3.58. The molecule has 0 radical (unpaired) electrons. The van der Waals surface area contributed by atoms with E-state index in [1.807, 2.05) is 0 Å². The highest BCUT2D eigenvalue weighted by Crippen LogP contribution is 2.32. The monoisotopic (exact) mass is 303 g/mol. The fourth-order valence-corrected chi connectivity index (χ4v) is 4.86. The van der Waals surface area contributed by atoms with E-state index in [-0.39, 0.29) is 0 Å². The van der Waals surface area contributed by atoms with Crippen LogP contribution in [-0.4, -0.2) is 45.2 Å². The van der Waals surface area contributed by atoms with E-state index in [4.69, 9.17) is 4.74 Å². The van der Waals surface area contributed by atoms with Gasteiger partial charge in [0, 0.05) is 32.1 Å². The van der Waals surface area contributed by atoms with E-state index in [9.17, 15) is 8.42 Å². The molecule has 1 saturated heterocycles. The van der Waals surface area contributed by atoms with Gasteiger partial charge >= 0.3 is 0 Å². The predicted octanol–water partition coefficient (Wildman–Crippen LogP) is 1.99. The molecule has 2 aliphatic rings. The van der Waals surface area contributed by atoms with Gasteiger partial charge in [0.05, 0.1) is 4.75 Å². The maximum absolute atomic E-state index is 12.2. The summed E-state index contributed by atoms with van der Waals surface area (Å²) in [4.78, 5) is 0. The lowest BCUT2D eigenvalue weighted by Crippen LogP contribution is -2.54. The molecule has 0 aromatic heterocycles. The standard InChI is InChI=1S/C15H29NO3S/c1-12-5-4-6-14(13(12)2)16-11-15(20(3,17)18)7-9-19-10-8-15/h12-14,16H,4-11H2,1-3H3. The van der Waals surface area contributed by atoms with Gasteiger partial charge in [0.1, 0.15) is 0 Å². The van der Waals surface area contributed by atoms with Crippen LogP contribution in [0.4, 0.5) is 0 Å². The van der Waals surface area contributed by atoms with Gasteiger partial charge in [-0.1, -0.05) is 26.7 Å². The average molecular weight is 303 g/mol. The summed E-state index contributed by atoms with van der Waals surface area (Å²) < 4.78 is 29.2. The second-order valence-corrected chi connectivity index (χ2v) is 9.23. The van der Waals surface area contributed by atoms with Crippen molar-refractivity contribution in [2.24, 2.45) is 11.8 Å². The summed E-state index contributed by atoms with van der Waals surface area (Å²) in [7, 11) is -3.06. The molecule has 1 saturated carbocycles. The van der Waals surface area contributed by atoms with Crippen LogP contribution in [0.15, 0.2) is 0 Å². The lowest BCUT2D eigenvalue weighted by atomic mass is 9.78. The molecule has 0 amide bonds. The molecule has 118 valence electrons. The van der Waals surface area contributed by atoms with Crippen LogP contribution in [0.25, 0.3) is 0 Å². The minimum Gasteiger partial charge on any atom is -0.381 e. The van der Waals surface area contributed by atoms with Crippen LogP contribution < -0.4 is 5.32 Å². The van der Waals surface area contributed by atoms with E-state index in [1.54, 1.807) is 0 Å². The van der Waals surface area contributed by atoms with E-state index in [0.29, 0.717) is 44.6 Å². The van der Waals surface area contributed by atoms with Crippen molar-refractivity contribution in [3.05, 3.63) is 0 Å². The van der Waals surface area contributed by atoms with Crippen LogP contribution >= 0.6 is 0 Å². The molecule has 0 spiro atoms. The van der Waals surface area contributed by atoms with Gasteiger partial charge in [0.2, 0.25) is 0 Å². The van der Waals surface area contributed by atoms with E-state index >= 15 is 0 Å². The first kappa shape index (κ1) is 16.2. The Hall–Kier alpha value is -0.130. The van der Waals surface area contributed by atoms with Crippen LogP contribution in [-0.2, 0) is 14.6 Å². The fourth-order valence-electron chi connectivity index (χ4n) is 3.61. The molecule has 1 N–H and O–H groups in total. The lowest BCUT2D eigenvalue weighted by Gasteiger charge is -2.40. The minimum atomic E-state index is -3.06. The smallest absolute Gasteiger partial charge is 0.154 e. The molecule has 3 atom stereocenters. The Morgan fingerprint density at radius 2 is 1.85 bits per heavy atom. The third-order valence-corrected chi connectivity index (χ3v) is 7.71. The van der Waals surface area contributed by atoms with Crippen molar-refractivity contribution in [3.63, 3.8) is 0 Å². The second-order valence-electron chi connectivity index (χ2n) is 6.82. The Labute approximate surface area is 123 Å². The molecule has 5 heteroatoms. The summed E-state index contributed by atoms with van der Waals surface area (Å²) in [6.45, 7) is 6.30. The van der Waals surface area contributed by atoms with Crippen molar-refractivity contribution >= 4 is 9.84 Å². The molecule has 2 fully saturated rings. The minimum absolute atomic E-state index is 0.459. The quantitative estimate of drug-likeness (QED) is 0.863. The first-order valence-electron chi connectivity index (χ1n) is 7.86. The molecule has 1 heterocycles. The first-order valence-corrected chi connectivity index (χ1v) is 9.76. The lowest BCUT2D eigenvalue weighted by molar-refractivity contribution is 0.0717. The predicted molar refractivity (Wildman–Crippen MR) is 81.6 cm³/mol. The summed E-state index contributed by atoms with van der Waals surface area (Å²) in [5.74, 6) is 1.35. The number of sulfone groups is 1. The number of hydrogen-bond acceptors (Lipinski definition) is 4. The van der Waals surface area contributed by atoms with Gasteiger partial charge < -0.3 is 10.1 Å². The molecule has 1 aliphatic heterocycles. The Morgan fingerprint density at radius 3 is 2.45 bits per heavy atom. The topological polar surface area (TPSA) is 55.4 Å². The van der Waals surface area contributed by atoms with E-state index < -0.39 is 14.6 Å². The zero-order valence-electron chi connectivity index (χ0n) is 13.0. The molecular weight excluding hydrogens is 274 g/mol. The number of hydrogen-bond donors (Lipinski definition) is 1. The maximum atomic E-state index is 12.2. The highest BCUT2D eigenvalue weighted by atomic mass is 32.2. The summed E-state index contributed by atoms with van der Waals surface area (Å²) >= 11 is 0. The molecule has 20 heavy (non-hydrogen) atoms. The number of ether oxygens (including phenoxy) is 1. The van der Waals surface area contributed by atoms with E-state index in [2.05, 4.69) is 19.2 Å². The van der Waals surface area contributed by atoms with E-state index in [1.165, 1.54) is 25.5 Å². The van der Waals surface area contributed by atoms with Crippen LogP contribution in [0.5, 0.6) is 0 Å². The van der Waals surface area contributed by atoms with Crippen molar-refractivity contribution in [3.8, 4) is 0 Å². The van der Waals surface area contributed by atoms with Crippen molar-refractivity contribution in [1.29, 1.82) is 0 Å². The fraction of sp³-hybridized carbons (Fsp3) is 1.00. The van der Waals surface area contributed by atoms with Gasteiger partial charge in [-0.25, -0.2) is 8.42 Å².